The van der Waals surface area contributed by atoms with E-state index in [1.54, 1.807) is 0 Å². The van der Waals surface area contributed by atoms with E-state index in [0.29, 0.717) is 11.8 Å². The van der Waals surface area contributed by atoms with Gasteiger partial charge in [0.05, 0.1) is 5.69 Å². The van der Waals surface area contributed by atoms with Crippen molar-refractivity contribution in [2.75, 3.05) is 0 Å². The number of rotatable bonds is 4. The van der Waals surface area contributed by atoms with Gasteiger partial charge in [0.25, 0.3) is 0 Å². The normalized spacial score (nSPS) is 11.4. The fourth-order valence-electron chi connectivity index (χ4n) is 2.86. The second kappa shape index (κ2) is 6.32. The Morgan fingerprint density at radius 1 is 0.783 bits per heavy atom. The summed E-state index contributed by atoms with van der Waals surface area (Å²) in [6.07, 6.45) is 0. The van der Waals surface area contributed by atoms with Crippen LogP contribution in [0.1, 0.15) is 50.7 Å². The standard InChI is InChI=1S/C19H22N4/c1-13(2)16-11-8-12-17(14(3)4)18(16)23-19(20-21-22-23)15-9-6-5-7-10-15/h5-14H,1-4H3. The molecule has 0 aliphatic carbocycles. The van der Waals surface area contributed by atoms with Gasteiger partial charge in [-0.3, -0.25) is 0 Å². The van der Waals surface area contributed by atoms with Crippen LogP contribution in [0.4, 0.5) is 0 Å². The number of hydrogen-bond acceptors (Lipinski definition) is 3. The Morgan fingerprint density at radius 2 is 1.39 bits per heavy atom. The molecule has 2 aromatic carbocycles. The number of benzene rings is 2. The first-order valence-electron chi connectivity index (χ1n) is 8.06. The van der Waals surface area contributed by atoms with Crippen molar-refractivity contribution in [3.63, 3.8) is 0 Å². The van der Waals surface area contributed by atoms with Gasteiger partial charge >= 0.3 is 0 Å². The Balaban J connectivity index is 2.26. The lowest BCUT2D eigenvalue weighted by atomic mass is 9.92. The molecule has 0 saturated heterocycles. The highest BCUT2D eigenvalue weighted by atomic mass is 15.5. The lowest BCUT2D eigenvalue weighted by molar-refractivity contribution is 0.740. The molecule has 0 bridgehead atoms. The van der Waals surface area contributed by atoms with Crippen LogP contribution in [0.5, 0.6) is 0 Å². The van der Waals surface area contributed by atoms with Gasteiger partial charge < -0.3 is 0 Å². The van der Waals surface area contributed by atoms with E-state index >= 15 is 0 Å². The van der Waals surface area contributed by atoms with Gasteiger partial charge in [-0.15, -0.1) is 5.10 Å². The van der Waals surface area contributed by atoms with Crippen LogP contribution in [0, 0.1) is 0 Å². The van der Waals surface area contributed by atoms with Crippen LogP contribution in [-0.2, 0) is 0 Å². The van der Waals surface area contributed by atoms with Crippen molar-refractivity contribution in [2.24, 2.45) is 0 Å². The van der Waals surface area contributed by atoms with Gasteiger partial charge in [0.2, 0.25) is 0 Å². The van der Waals surface area contributed by atoms with Crippen molar-refractivity contribution < 1.29 is 0 Å². The molecule has 0 saturated carbocycles. The highest BCUT2D eigenvalue weighted by molar-refractivity contribution is 5.60. The maximum absolute atomic E-state index is 4.30. The summed E-state index contributed by atoms with van der Waals surface area (Å²) in [6.45, 7) is 8.82. The SMILES string of the molecule is CC(C)c1cccc(C(C)C)c1-n1nnnc1-c1ccccc1. The predicted molar refractivity (Wildman–Crippen MR) is 92.8 cm³/mol. The summed E-state index contributed by atoms with van der Waals surface area (Å²) in [5.74, 6) is 1.58. The zero-order valence-electron chi connectivity index (χ0n) is 14.1. The topological polar surface area (TPSA) is 43.6 Å². The fraction of sp³-hybridized carbons (Fsp3) is 0.316. The Kier molecular flexibility index (Phi) is 4.24. The van der Waals surface area contributed by atoms with Crippen LogP contribution in [0.2, 0.25) is 0 Å². The third kappa shape index (κ3) is 2.89. The van der Waals surface area contributed by atoms with E-state index in [1.807, 2.05) is 35.0 Å². The molecule has 118 valence electrons. The van der Waals surface area contributed by atoms with Crippen LogP contribution >= 0.6 is 0 Å². The molecule has 23 heavy (non-hydrogen) atoms. The molecule has 0 amide bonds. The molecule has 1 heterocycles. The molecule has 3 rings (SSSR count). The molecule has 4 heteroatoms. The molecule has 0 unspecified atom stereocenters. The third-order valence-electron chi connectivity index (χ3n) is 4.06. The molecule has 0 aliphatic rings. The average molecular weight is 306 g/mol. The van der Waals surface area contributed by atoms with Crippen molar-refractivity contribution >= 4 is 0 Å². The first-order valence-corrected chi connectivity index (χ1v) is 8.06. The minimum atomic E-state index is 0.400. The number of nitrogens with zero attached hydrogens (tertiary/aromatic N) is 4. The van der Waals surface area contributed by atoms with E-state index in [1.165, 1.54) is 11.1 Å². The van der Waals surface area contributed by atoms with E-state index in [-0.39, 0.29) is 0 Å². The minimum absolute atomic E-state index is 0.400. The van der Waals surface area contributed by atoms with Crippen molar-refractivity contribution in [3.8, 4) is 17.1 Å². The largest absolute Gasteiger partial charge is 0.192 e. The quantitative estimate of drug-likeness (QED) is 0.709. The molecule has 0 fully saturated rings. The molecule has 3 aromatic rings. The van der Waals surface area contributed by atoms with Crippen LogP contribution in [0.15, 0.2) is 48.5 Å². The van der Waals surface area contributed by atoms with E-state index in [2.05, 4.69) is 61.4 Å². The maximum atomic E-state index is 4.30. The van der Waals surface area contributed by atoms with Gasteiger partial charge in [0.1, 0.15) is 0 Å². The molecule has 4 nitrogen and oxygen atoms in total. The van der Waals surface area contributed by atoms with Crippen LogP contribution < -0.4 is 0 Å². The molecule has 0 aliphatic heterocycles. The molecule has 1 aromatic heterocycles. The maximum Gasteiger partial charge on any atom is 0.187 e. The van der Waals surface area contributed by atoms with Crippen molar-refractivity contribution in [3.05, 3.63) is 59.7 Å². The van der Waals surface area contributed by atoms with E-state index in [4.69, 9.17) is 0 Å². The zero-order chi connectivity index (χ0) is 16.4. The number of aromatic nitrogens is 4. The summed E-state index contributed by atoms with van der Waals surface area (Å²) in [5, 5.41) is 12.5. The number of para-hydroxylation sites is 1. The summed E-state index contributed by atoms with van der Waals surface area (Å²) >= 11 is 0. The molecule has 0 N–H and O–H groups in total. The highest BCUT2D eigenvalue weighted by Gasteiger charge is 2.20. The third-order valence-corrected chi connectivity index (χ3v) is 4.06. The van der Waals surface area contributed by atoms with Gasteiger partial charge in [-0.1, -0.05) is 76.2 Å². The van der Waals surface area contributed by atoms with Gasteiger partial charge in [-0.25, -0.2) is 0 Å². The number of hydrogen-bond donors (Lipinski definition) is 0. The summed E-state index contributed by atoms with van der Waals surface area (Å²) in [6, 6.07) is 16.5. The summed E-state index contributed by atoms with van der Waals surface area (Å²) in [4.78, 5) is 0. The van der Waals surface area contributed by atoms with E-state index in [0.717, 1.165) is 17.1 Å². The smallest absolute Gasteiger partial charge is 0.187 e. The summed E-state index contributed by atoms with van der Waals surface area (Å²) in [5.41, 5.74) is 4.66. The summed E-state index contributed by atoms with van der Waals surface area (Å²) in [7, 11) is 0. The van der Waals surface area contributed by atoms with Gasteiger partial charge in [-0.2, -0.15) is 4.68 Å². The molecular formula is C19H22N4. The Morgan fingerprint density at radius 3 is 1.96 bits per heavy atom. The van der Waals surface area contributed by atoms with Gasteiger partial charge in [0, 0.05) is 5.56 Å². The first kappa shape index (κ1) is 15.4. The summed E-state index contributed by atoms with van der Waals surface area (Å²) < 4.78 is 1.89. The highest BCUT2D eigenvalue weighted by Crippen LogP contribution is 2.32. The monoisotopic (exact) mass is 306 g/mol. The van der Waals surface area contributed by atoms with Crippen LogP contribution in [0.25, 0.3) is 17.1 Å². The Bertz CT molecular complexity index is 762. The van der Waals surface area contributed by atoms with Crippen molar-refractivity contribution in [1.82, 2.24) is 20.2 Å². The predicted octanol–water partition coefficient (Wildman–Crippen LogP) is 4.58. The fourth-order valence-corrected chi connectivity index (χ4v) is 2.86. The van der Waals surface area contributed by atoms with Crippen LogP contribution in [-0.4, -0.2) is 20.2 Å². The van der Waals surface area contributed by atoms with Gasteiger partial charge in [0.15, 0.2) is 5.82 Å². The van der Waals surface area contributed by atoms with E-state index in [9.17, 15) is 0 Å². The second-order valence-corrected chi connectivity index (χ2v) is 6.37. The first-order chi connectivity index (χ1) is 11.1. The van der Waals surface area contributed by atoms with Crippen molar-refractivity contribution in [2.45, 2.75) is 39.5 Å². The molecule has 0 radical (unpaired) electrons. The van der Waals surface area contributed by atoms with E-state index < -0.39 is 0 Å². The lowest BCUT2D eigenvalue weighted by Crippen LogP contribution is -2.09. The molecule has 0 spiro atoms. The van der Waals surface area contributed by atoms with Gasteiger partial charge in [-0.05, 0) is 33.4 Å². The zero-order valence-corrected chi connectivity index (χ0v) is 14.1. The van der Waals surface area contributed by atoms with Crippen molar-refractivity contribution in [1.29, 1.82) is 0 Å². The Labute approximate surface area is 137 Å². The van der Waals surface area contributed by atoms with Crippen LogP contribution in [0.3, 0.4) is 0 Å². The second-order valence-electron chi connectivity index (χ2n) is 6.37. The minimum Gasteiger partial charge on any atom is -0.192 e. The molecular weight excluding hydrogens is 284 g/mol. The number of tetrazole rings is 1. The molecule has 0 atom stereocenters. The average Bonchev–Trinajstić information content (AvgIpc) is 3.04. The lowest BCUT2D eigenvalue weighted by Gasteiger charge is -2.19. The Hall–Kier alpha value is -2.49.